The van der Waals surface area contributed by atoms with Crippen molar-refractivity contribution >= 4 is 0 Å². The number of hydrogen-bond acceptors (Lipinski definition) is 4. The van der Waals surface area contributed by atoms with Crippen LogP contribution in [0.15, 0.2) is 0 Å². The summed E-state index contributed by atoms with van der Waals surface area (Å²) in [6, 6.07) is 0. The maximum atomic E-state index is 11.8. The van der Waals surface area contributed by atoms with E-state index in [1.165, 1.54) is 19.3 Å². The summed E-state index contributed by atoms with van der Waals surface area (Å²) in [5.74, 6) is 1.96. The fourth-order valence-electron chi connectivity index (χ4n) is 11.4. The molecule has 4 nitrogen and oxygen atoms in total. The second kappa shape index (κ2) is 6.09. The van der Waals surface area contributed by atoms with Gasteiger partial charge in [-0.15, -0.1) is 0 Å². The van der Waals surface area contributed by atoms with E-state index in [0.29, 0.717) is 29.1 Å². The number of ether oxygens (including phenoxy) is 2. The van der Waals surface area contributed by atoms with E-state index >= 15 is 0 Å². The molecule has 0 aromatic carbocycles. The van der Waals surface area contributed by atoms with E-state index in [4.69, 9.17) is 9.47 Å². The van der Waals surface area contributed by atoms with Crippen LogP contribution in [0, 0.1) is 50.7 Å². The molecule has 176 valence electrons. The summed E-state index contributed by atoms with van der Waals surface area (Å²) in [5.41, 5.74) is 0.846. The lowest BCUT2D eigenvalue weighted by molar-refractivity contribution is -0.220. The van der Waals surface area contributed by atoms with E-state index in [0.717, 1.165) is 32.1 Å². The molecule has 1 aliphatic heterocycles. The molecule has 4 heteroatoms. The Morgan fingerprint density at radius 2 is 1.68 bits per heavy atom. The molecule has 6 aliphatic rings. The summed E-state index contributed by atoms with van der Waals surface area (Å²) < 4.78 is 12.2. The van der Waals surface area contributed by atoms with Crippen LogP contribution in [0.2, 0.25) is 0 Å². The van der Waals surface area contributed by atoms with Crippen molar-refractivity contribution in [1.29, 1.82) is 0 Å². The van der Waals surface area contributed by atoms with E-state index in [1.54, 1.807) is 7.11 Å². The van der Waals surface area contributed by atoms with Crippen LogP contribution in [-0.4, -0.2) is 41.9 Å². The van der Waals surface area contributed by atoms with Gasteiger partial charge in [0.15, 0.2) is 6.29 Å². The van der Waals surface area contributed by atoms with Crippen molar-refractivity contribution < 1.29 is 19.7 Å². The quantitative estimate of drug-likeness (QED) is 0.627. The number of methoxy groups -OCH3 is 1. The first-order valence-corrected chi connectivity index (χ1v) is 13.0. The lowest BCUT2D eigenvalue weighted by Crippen LogP contribution is -2.61. The Balaban J connectivity index is 1.41. The highest BCUT2D eigenvalue weighted by Gasteiger charge is 2.84. The summed E-state index contributed by atoms with van der Waals surface area (Å²) in [4.78, 5) is 0. The first-order valence-electron chi connectivity index (χ1n) is 13.0. The second-order valence-corrected chi connectivity index (χ2v) is 13.8. The normalized spacial score (nSPS) is 63.9. The second-order valence-electron chi connectivity index (χ2n) is 13.8. The van der Waals surface area contributed by atoms with Gasteiger partial charge in [0.05, 0.1) is 18.3 Å². The molecule has 5 aliphatic carbocycles. The van der Waals surface area contributed by atoms with Crippen LogP contribution in [0.25, 0.3) is 0 Å². The minimum atomic E-state index is -0.261. The van der Waals surface area contributed by atoms with Crippen molar-refractivity contribution in [3.8, 4) is 0 Å². The minimum Gasteiger partial charge on any atom is -0.393 e. The molecule has 31 heavy (non-hydrogen) atoms. The van der Waals surface area contributed by atoms with Gasteiger partial charge in [-0.05, 0) is 95.7 Å². The number of hydrogen-bond donors (Lipinski definition) is 2. The molecule has 1 saturated heterocycles. The van der Waals surface area contributed by atoms with Crippen molar-refractivity contribution in [3.05, 3.63) is 0 Å². The zero-order valence-corrected chi connectivity index (χ0v) is 20.5. The molecule has 0 amide bonds. The van der Waals surface area contributed by atoms with E-state index in [2.05, 4.69) is 34.6 Å². The van der Waals surface area contributed by atoms with Crippen LogP contribution in [0.1, 0.15) is 86.0 Å². The van der Waals surface area contributed by atoms with E-state index < -0.39 is 0 Å². The van der Waals surface area contributed by atoms with Gasteiger partial charge in [0.25, 0.3) is 0 Å². The molecule has 1 heterocycles. The van der Waals surface area contributed by atoms with Crippen molar-refractivity contribution in [2.24, 2.45) is 50.7 Å². The Kier molecular flexibility index (Phi) is 4.20. The molecule has 0 aromatic heterocycles. The van der Waals surface area contributed by atoms with Crippen LogP contribution < -0.4 is 0 Å². The first kappa shape index (κ1) is 21.4. The van der Waals surface area contributed by atoms with Crippen LogP contribution in [0.4, 0.5) is 0 Å². The molecular weight excluding hydrogens is 388 g/mol. The molecule has 0 aromatic rings. The third-order valence-electron chi connectivity index (χ3n) is 12.9. The molecule has 5 saturated carbocycles. The highest BCUT2D eigenvalue weighted by Crippen LogP contribution is 2.89. The van der Waals surface area contributed by atoms with Gasteiger partial charge in [-0.2, -0.15) is 0 Å². The van der Waals surface area contributed by atoms with Crippen LogP contribution in [0.3, 0.4) is 0 Å². The lowest BCUT2D eigenvalue weighted by Gasteiger charge is -2.64. The van der Waals surface area contributed by atoms with Crippen molar-refractivity contribution in [1.82, 2.24) is 0 Å². The van der Waals surface area contributed by atoms with Gasteiger partial charge >= 0.3 is 0 Å². The predicted molar refractivity (Wildman–Crippen MR) is 119 cm³/mol. The molecule has 12 atom stereocenters. The van der Waals surface area contributed by atoms with Crippen LogP contribution in [0.5, 0.6) is 0 Å². The molecule has 2 spiro atoms. The smallest absolute Gasteiger partial charge is 0.157 e. The Morgan fingerprint density at radius 3 is 2.39 bits per heavy atom. The zero-order valence-electron chi connectivity index (χ0n) is 20.5. The summed E-state index contributed by atoms with van der Waals surface area (Å²) in [6.45, 7) is 12.0. The number of fused-ring (bicyclic) bond motifs is 4. The third-order valence-corrected chi connectivity index (χ3v) is 12.9. The summed E-state index contributed by atoms with van der Waals surface area (Å²) in [7, 11) is 1.77. The first-order chi connectivity index (χ1) is 14.5. The average molecular weight is 433 g/mol. The fraction of sp³-hybridized carbons (Fsp3) is 1.00. The average Bonchev–Trinajstić information content (AvgIpc) is 3.28. The topological polar surface area (TPSA) is 58.9 Å². The Bertz CT molecular complexity index is 781. The number of aliphatic hydroxyl groups excluding tert-OH is 2. The molecule has 0 radical (unpaired) electrons. The molecule has 6 rings (SSSR count). The van der Waals surface area contributed by atoms with Crippen molar-refractivity contribution in [3.63, 3.8) is 0 Å². The third kappa shape index (κ3) is 2.23. The predicted octanol–water partition coefficient (Wildman–Crippen LogP) is 4.76. The van der Waals surface area contributed by atoms with Crippen molar-refractivity contribution in [2.75, 3.05) is 7.11 Å². The van der Waals surface area contributed by atoms with Gasteiger partial charge in [0, 0.05) is 13.5 Å². The lowest BCUT2D eigenvalue weighted by atomic mass is 9.41. The standard InChI is InChI=1S/C27H44O4/c1-15-11-20(30-6)31-17-13-25(5)22-16(28)12-18-23(2,3)19(29)7-8-26(18)14-27(22,26)10-9-24(25,4)21(15)17/h15-22,28-29H,7-14H2,1-6H3/t15-,16+,17?,18?,19+,20?,21+,22+,24-,25+,26-,27+/m1/s1. The monoisotopic (exact) mass is 432 g/mol. The summed E-state index contributed by atoms with van der Waals surface area (Å²) in [6.07, 6.45) is 8.49. The Labute approximate surface area is 188 Å². The molecular formula is C27H44O4. The van der Waals surface area contributed by atoms with Crippen LogP contribution in [-0.2, 0) is 9.47 Å². The van der Waals surface area contributed by atoms with Crippen molar-refractivity contribution in [2.45, 2.75) is 111 Å². The maximum absolute atomic E-state index is 11.8. The molecule has 6 fully saturated rings. The number of aliphatic hydroxyl groups is 2. The molecule has 3 unspecified atom stereocenters. The summed E-state index contributed by atoms with van der Waals surface area (Å²) >= 11 is 0. The maximum Gasteiger partial charge on any atom is 0.157 e. The van der Waals surface area contributed by atoms with Gasteiger partial charge in [0.1, 0.15) is 0 Å². The molecule has 0 bridgehead atoms. The largest absolute Gasteiger partial charge is 0.393 e. The van der Waals surface area contributed by atoms with E-state index in [-0.39, 0.29) is 46.3 Å². The highest BCUT2D eigenvalue weighted by atomic mass is 16.7. The van der Waals surface area contributed by atoms with Gasteiger partial charge in [-0.3, -0.25) is 0 Å². The SMILES string of the molecule is COC1C[C@@H](C)[C@H]2C(C[C@@]3(C)[C@@H]4[C@@H](O)CC5C(C)(C)[C@@H](O)CC[C@@]56C[C@@]46CC[C@]23C)O1. The van der Waals surface area contributed by atoms with Gasteiger partial charge in [0.2, 0.25) is 0 Å². The Morgan fingerprint density at radius 1 is 0.935 bits per heavy atom. The highest BCUT2D eigenvalue weighted by molar-refractivity contribution is 5.32. The number of rotatable bonds is 1. The van der Waals surface area contributed by atoms with Crippen LogP contribution >= 0.6 is 0 Å². The minimum absolute atomic E-state index is 0.0777. The Hall–Kier alpha value is -0.160. The van der Waals surface area contributed by atoms with Gasteiger partial charge in [-0.25, -0.2) is 0 Å². The summed E-state index contributed by atoms with van der Waals surface area (Å²) in [5, 5.41) is 22.7. The van der Waals surface area contributed by atoms with Gasteiger partial charge in [-0.1, -0.05) is 34.6 Å². The zero-order chi connectivity index (χ0) is 22.2. The van der Waals surface area contributed by atoms with E-state index in [1.807, 2.05) is 0 Å². The molecule has 2 N–H and O–H groups in total. The van der Waals surface area contributed by atoms with Gasteiger partial charge < -0.3 is 19.7 Å². The fourth-order valence-corrected chi connectivity index (χ4v) is 11.4. The van der Waals surface area contributed by atoms with E-state index in [9.17, 15) is 10.2 Å².